The van der Waals surface area contributed by atoms with Gasteiger partial charge in [0.05, 0.1) is 18.7 Å². The quantitative estimate of drug-likeness (QED) is 0.500. The molecule has 31 heavy (non-hydrogen) atoms. The highest BCUT2D eigenvalue weighted by Crippen LogP contribution is 2.12. The highest BCUT2D eigenvalue weighted by atomic mass is 16.5. The Bertz CT molecular complexity index is 991. The predicted octanol–water partition coefficient (Wildman–Crippen LogP) is 2.66. The maximum absolute atomic E-state index is 12.2. The molecule has 0 saturated carbocycles. The van der Waals surface area contributed by atoms with E-state index in [0.717, 1.165) is 5.56 Å². The SMILES string of the molecule is COc1ccc(/C=C/C(=O)N[C@@H](C)C(=O)O[C@H](C)C(=O)Nc2ccc(C#N)cc2)cc1. The molecular formula is C23H23N3O5. The van der Waals surface area contributed by atoms with Crippen LogP contribution >= 0.6 is 0 Å². The topological polar surface area (TPSA) is 118 Å². The van der Waals surface area contributed by atoms with Gasteiger partial charge in [-0.1, -0.05) is 12.1 Å². The number of carbonyl (C=O) groups is 3. The second-order valence-electron chi connectivity index (χ2n) is 6.59. The molecule has 8 heteroatoms. The molecule has 2 rings (SSSR count). The number of nitrogens with one attached hydrogen (secondary N) is 2. The van der Waals surface area contributed by atoms with Gasteiger partial charge < -0.3 is 20.1 Å². The molecule has 0 radical (unpaired) electrons. The van der Waals surface area contributed by atoms with Gasteiger partial charge in [0.2, 0.25) is 5.91 Å². The van der Waals surface area contributed by atoms with E-state index in [4.69, 9.17) is 14.7 Å². The van der Waals surface area contributed by atoms with E-state index in [-0.39, 0.29) is 0 Å². The van der Waals surface area contributed by atoms with Crippen molar-refractivity contribution in [2.24, 2.45) is 0 Å². The van der Waals surface area contributed by atoms with Gasteiger partial charge in [-0.25, -0.2) is 4.79 Å². The van der Waals surface area contributed by atoms with E-state index in [2.05, 4.69) is 10.6 Å². The summed E-state index contributed by atoms with van der Waals surface area (Å²) in [5.74, 6) is -1.05. The Morgan fingerprint density at radius 3 is 2.26 bits per heavy atom. The van der Waals surface area contributed by atoms with Crippen LogP contribution in [0.1, 0.15) is 25.0 Å². The Morgan fingerprint density at radius 2 is 1.68 bits per heavy atom. The van der Waals surface area contributed by atoms with Crippen LogP contribution in [0.4, 0.5) is 5.69 Å². The van der Waals surface area contributed by atoms with Crippen molar-refractivity contribution in [3.63, 3.8) is 0 Å². The zero-order valence-electron chi connectivity index (χ0n) is 17.4. The number of anilines is 1. The van der Waals surface area contributed by atoms with E-state index in [1.54, 1.807) is 61.7 Å². The van der Waals surface area contributed by atoms with Crippen LogP contribution in [0.25, 0.3) is 6.08 Å². The van der Waals surface area contributed by atoms with E-state index in [9.17, 15) is 14.4 Å². The Morgan fingerprint density at radius 1 is 1.03 bits per heavy atom. The number of carbonyl (C=O) groups excluding carboxylic acids is 3. The van der Waals surface area contributed by atoms with Gasteiger partial charge >= 0.3 is 5.97 Å². The van der Waals surface area contributed by atoms with Crippen LogP contribution in [0.5, 0.6) is 5.75 Å². The molecule has 0 aliphatic rings. The number of amides is 2. The normalized spacial score (nSPS) is 12.3. The molecule has 0 fully saturated rings. The van der Waals surface area contributed by atoms with Crippen LogP contribution in [-0.4, -0.2) is 37.0 Å². The molecule has 2 aromatic carbocycles. The highest BCUT2D eigenvalue weighted by molar-refractivity contribution is 5.97. The number of rotatable bonds is 8. The van der Waals surface area contributed by atoms with Gasteiger partial charge in [-0.05, 0) is 61.9 Å². The summed E-state index contributed by atoms with van der Waals surface area (Å²) in [4.78, 5) is 36.4. The van der Waals surface area contributed by atoms with Crippen LogP contribution in [0.15, 0.2) is 54.6 Å². The maximum atomic E-state index is 12.2. The van der Waals surface area contributed by atoms with Crippen LogP contribution < -0.4 is 15.4 Å². The Kier molecular flexibility index (Phi) is 8.34. The van der Waals surface area contributed by atoms with Gasteiger partial charge in [0, 0.05) is 11.8 Å². The Hall–Kier alpha value is -4.12. The smallest absolute Gasteiger partial charge is 0.329 e. The molecule has 0 bridgehead atoms. The zero-order chi connectivity index (χ0) is 22.8. The molecule has 0 aliphatic heterocycles. The van der Waals surface area contributed by atoms with Crippen LogP contribution in [0.3, 0.4) is 0 Å². The van der Waals surface area contributed by atoms with Gasteiger partial charge in [0.15, 0.2) is 6.10 Å². The van der Waals surface area contributed by atoms with E-state index in [0.29, 0.717) is 17.0 Å². The summed E-state index contributed by atoms with van der Waals surface area (Å²) in [6.07, 6.45) is 1.82. The number of ether oxygens (including phenoxy) is 2. The number of nitriles is 1. The van der Waals surface area contributed by atoms with Gasteiger partial charge in [0.1, 0.15) is 11.8 Å². The first kappa shape index (κ1) is 23.2. The van der Waals surface area contributed by atoms with Gasteiger partial charge in [-0.15, -0.1) is 0 Å². The third kappa shape index (κ3) is 7.33. The summed E-state index contributed by atoms with van der Waals surface area (Å²) >= 11 is 0. The van der Waals surface area contributed by atoms with E-state index >= 15 is 0 Å². The third-order valence-electron chi connectivity index (χ3n) is 4.20. The molecule has 0 aromatic heterocycles. The average molecular weight is 421 g/mol. The number of methoxy groups -OCH3 is 1. The van der Waals surface area contributed by atoms with Crippen molar-refractivity contribution >= 4 is 29.5 Å². The first-order valence-corrected chi connectivity index (χ1v) is 9.46. The van der Waals surface area contributed by atoms with Gasteiger partial charge in [-0.3, -0.25) is 9.59 Å². The number of esters is 1. The molecule has 8 nitrogen and oxygen atoms in total. The third-order valence-corrected chi connectivity index (χ3v) is 4.20. The van der Waals surface area contributed by atoms with E-state index in [1.807, 2.05) is 6.07 Å². The molecule has 0 saturated heterocycles. The fourth-order valence-electron chi connectivity index (χ4n) is 2.41. The highest BCUT2D eigenvalue weighted by Gasteiger charge is 2.22. The Balaban J connectivity index is 1.82. The van der Waals surface area contributed by atoms with E-state index < -0.39 is 29.9 Å². The lowest BCUT2D eigenvalue weighted by Gasteiger charge is -2.17. The fourth-order valence-corrected chi connectivity index (χ4v) is 2.41. The molecule has 2 atom stereocenters. The lowest BCUT2D eigenvalue weighted by molar-refractivity contribution is -0.155. The molecule has 160 valence electrons. The summed E-state index contributed by atoms with van der Waals surface area (Å²) in [5, 5.41) is 13.9. The fraction of sp³-hybridized carbons (Fsp3) is 0.217. The van der Waals surface area contributed by atoms with Crippen molar-refractivity contribution in [1.29, 1.82) is 5.26 Å². The molecule has 0 spiro atoms. The minimum atomic E-state index is -1.07. The Labute approximate surface area is 180 Å². The second-order valence-corrected chi connectivity index (χ2v) is 6.59. The molecule has 0 unspecified atom stereocenters. The molecular weight excluding hydrogens is 398 g/mol. The first-order chi connectivity index (χ1) is 14.8. The molecule has 0 aliphatic carbocycles. The summed E-state index contributed by atoms with van der Waals surface area (Å²) < 4.78 is 10.2. The zero-order valence-corrected chi connectivity index (χ0v) is 17.4. The minimum Gasteiger partial charge on any atom is -0.497 e. The van der Waals surface area contributed by atoms with Crippen molar-refractivity contribution < 1.29 is 23.9 Å². The maximum Gasteiger partial charge on any atom is 0.329 e. The molecule has 2 aromatic rings. The number of benzene rings is 2. The summed E-state index contributed by atoms with van der Waals surface area (Å²) in [6, 6.07) is 14.4. The monoisotopic (exact) mass is 421 g/mol. The van der Waals surface area contributed by atoms with Crippen molar-refractivity contribution in [1.82, 2.24) is 5.32 Å². The second kappa shape index (κ2) is 11.2. The van der Waals surface area contributed by atoms with Crippen molar-refractivity contribution in [3.05, 3.63) is 65.7 Å². The molecule has 2 amide bonds. The van der Waals surface area contributed by atoms with Gasteiger partial charge in [0.25, 0.3) is 5.91 Å². The average Bonchev–Trinajstić information content (AvgIpc) is 2.78. The molecule has 2 N–H and O–H groups in total. The summed E-state index contributed by atoms with van der Waals surface area (Å²) in [7, 11) is 1.57. The van der Waals surface area contributed by atoms with Crippen LogP contribution in [0.2, 0.25) is 0 Å². The summed E-state index contributed by atoms with van der Waals surface area (Å²) in [6.45, 7) is 2.89. The van der Waals surface area contributed by atoms with E-state index in [1.165, 1.54) is 19.9 Å². The number of hydrogen-bond donors (Lipinski definition) is 2. The number of nitrogens with zero attached hydrogens (tertiary/aromatic N) is 1. The summed E-state index contributed by atoms with van der Waals surface area (Å²) in [5.41, 5.74) is 1.72. The van der Waals surface area contributed by atoms with Gasteiger partial charge in [-0.2, -0.15) is 5.26 Å². The van der Waals surface area contributed by atoms with Crippen molar-refractivity contribution in [2.75, 3.05) is 12.4 Å². The first-order valence-electron chi connectivity index (χ1n) is 9.46. The van der Waals surface area contributed by atoms with Crippen LogP contribution in [0, 0.1) is 11.3 Å². The standard InChI is InChI=1S/C23H23N3O5/c1-15(25-21(27)13-8-17-6-11-20(30-3)12-7-17)23(29)31-16(2)22(28)26-19-9-4-18(14-24)5-10-19/h4-13,15-16H,1-3H3,(H,25,27)(H,26,28)/b13-8+/t15-,16+/m0/s1. The number of hydrogen-bond acceptors (Lipinski definition) is 6. The minimum absolute atomic E-state index is 0.461. The van der Waals surface area contributed by atoms with Crippen LogP contribution in [-0.2, 0) is 19.1 Å². The van der Waals surface area contributed by atoms with Crippen molar-refractivity contribution in [3.8, 4) is 11.8 Å². The lowest BCUT2D eigenvalue weighted by atomic mass is 10.2. The largest absolute Gasteiger partial charge is 0.497 e. The molecule has 0 heterocycles. The van der Waals surface area contributed by atoms with Crippen molar-refractivity contribution in [2.45, 2.75) is 26.0 Å². The predicted molar refractivity (Wildman–Crippen MR) is 115 cm³/mol. The lowest BCUT2D eigenvalue weighted by Crippen LogP contribution is -2.41.